The predicted octanol–water partition coefficient (Wildman–Crippen LogP) is 5.90. The van der Waals surface area contributed by atoms with Crippen LogP contribution in [0, 0.1) is 0 Å². The molecule has 1 fully saturated rings. The number of rotatable bonds is 8. The lowest BCUT2D eigenvalue weighted by atomic mass is 10.2. The summed E-state index contributed by atoms with van der Waals surface area (Å²) in [5.74, 6) is 1.63. The van der Waals surface area contributed by atoms with Crippen molar-refractivity contribution < 1.29 is 4.74 Å². The Bertz CT molecular complexity index is 1310. The quantitative estimate of drug-likeness (QED) is 0.269. The molecule has 5 rings (SSSR count). The van der Waals surface area contributed by atoms with Crippen LogP contribution in [0.25, 0.3) is 10.9 Å². The number of anilines is 2. The minimum Gasteiger partial charge on any atom is -0.492 e. The van der Waals surface area contributed by atoms with Crippen molar-refractivity contribution in [2.24, 2.45) is 0 Å². The van der Waals surface area contributed by atoms with Crippen LogP contribution in [0.1, 0.15) is 5.56 Å². The number of hydrogen-bond donors (Lipinski definition) is 0. The van der Waals surface area contributed by atoms with E-state index >= 15 is 0 Å². The van der Waals surface area contributed by atoms with Gasteiger partial charge in [-0.1, -0.05) is 41.9 Å². The third-order valence-electron chi connectivity index (χ3n) is 6.59. The monoisotopic (exact) mass is 521 g/mol. The molecular formula is C28H29Cl2N5O. The van der Waals surface area contributed by atoms with E-state index in [0.29, 0.717) is 6.61 Å². The number of hydrogen-bond acceptors (Lipinski definition) is 6. The van der Waals surface area contributed by atoms with Crippen LogP contribution in [-0.2, 0) is 6.54 Å². The number of piperazine rings is 1. The molecule has 36 heavy (non-hydrogen) atoms. The van der Waals surface area contributed by atoms with Crippen LogP contribution < -0.4 is 9.64 Å². The van der Waals surface area contributed by atoms with E-state index in [2.05, 4.69) is 25.8 Å². The zero-order chi connectivity index (χ0) is 24.9. The molecule has 3 aromatic carbocycles. The molecule has 1 aliphatic heterocycles. The Morgan fingerprint density at radius 3 is 2.31 bits per heavy atom. The zero-order valence-electron chi connectivity index (χ0n) is 20.3. The lowest BCUT2D eigenvalue weighted by Crippen LogP contribution is -2.47. The molecule has 1 saturated heterocycles. The van der Waals surface area contributed by atoms with Crippen LogP contribution in [-0.4, -0.2) is 66.1 Å². The molecule has 0 bridgehead atoms. The van der Waals surface area contributed by atoms with Crippen molar-refractivity contribution in [2.75, 3.05) is 51.3 Å². The summed E-state index contributed by atoms with van der Waals surface area (Å²) >= 11 is 12.5. The fourth-order valence-corrected chi connectivity index (χ4v) is 4.87. The summed E-state index contributed by atoms with van der Waals surface area (Å²) in [7, 11) is 1.98. The van der Waals surface area contributed by atoms with Gasteiger partial charge in [-0.2, -0.15) is 4.98 Å². The Hall–Kier alpha value is -2.90. The first-order valence-corrected chi connectivity index (χ1v) is 12.9. The Labute approximate surface area is 222 Å². The highest BCUT2D eigenvalue weighted by molar-refractivity contribution is 6.31. The molecule has 4 aromatic rings. The van der Waals surface area contributed by atoms with Crippen molar-refractivity contribution >= 4 is 45.6 Å². The number of nitrogens with zero attached hydrogens (tertiary/aromatic N) is 5. The van der Waals surface area contributed by atoms with Crippen LogP contribution in [0.4, 0.5) is 11.5 Å². The minimum absolute atomic E-state index is 0.236. The molecule has 0 spiro atoms. The van der Waals surface area contributed by atoms with E-state index in [9.17, 15) is 0 Å². The molecule has 1 aliphatic rings. The average Bonchev–Trinajstić information content (AvgIpc) is 2.90. The number of halogens is 2. The van der Waals surface area contributed by atoms with Crippen LogP contribution in [0.3, 0.4) is 0 Å². The number of aromatic nitrogens is 2. The van der Waals surface area contributed by atoms with E-state index < -0.39 is 0 Å². The summed E-state index contributed by atoms with van der Waals surface area (Å²) in [6.45, 7) is 6.61. The number of para-hydroxylation sites is 1. The van der Waals surface area contributed by atoms with Gasteiger partial charge in [0.25, 0.3) is 0 Å². The first-order chi connectivity index (χ1) is 17.6. The lowest BCUT2D eigenvalue weighted by molar-refractivity contribution is 0.112. The summed E-state index contributed by atoms with van der Waals surface area (Å²) in [4.78, 5) is 15.7. The van der Waals surface area contributed by atoms with Gasteiger partial charge in [-0.15, -0.1) is 0 Å². The van der Waals surface area contributed by atoms with E-state index in [0.717, 1.165) is 72.4 Å². The second-order valence-electron chi connectivity index (χ2n) is 8.94. The Kier molecular flexibility index (Phi) is 7.87. The zero-order valence-corrected chi connectivity index (χ0v) is 21.8. The van der Waals surface area contributed by atoms with Crippen molar-refractivity contribution in [2.45, 2.75) is 6.54 Å². The summed E-state index contributed by atoms with van der Waals surface area (Å²) in [5.41, 5.74) is 3.02. The highest BCUT2D eigenvalue weighted by atomic mass is 35.5. The van der Waals surface area contributed by atoms with Crippen molar-refractivity contribution in [1.29, 1.82) is 0 Å². The van der Waals surface area contributed by atoms with E-state index in [1.165, 1.54) is 5.56 Å². The van der Waals surface area contributed by atoms with Gasteiger partial charge in [0.05, 0.1) is 5.52 Å². The van der Waals surface area contributed by atoms with Crippen molar-refractivity contribution in [1.82, 2.24) is 19.8 Å². The van der Waals surface area contributed by atoms with E-state index in [-0.39, 0.29) is 5.28 Å². The van der Waals surface area contributed by atoms with E-state index in [1.807, 2.05) is 78.7 Å². The summed E-state index contributed by atoms with van der Waals surface area (Å²) in [6, 6.07) is 24.0. The second-order valence-corrected chi connectivity index (χ2v) is 9.69. The van der Waals surface area contributed by atoms with Crippen LogP contribution in [0.5, 0.6) is 5.75 Å². The van der Waals surface area contributed by atoms with Gasteiger partial charge >= 0.3 is 0 Å². The fraction of sp³-hybridized carbons (Fsp3) is 0.286. The van der Waals surface area contributed by atoms with Crippen LogP contribution in [0.2, 0.25) is 10.3 Å². The first-order valence-electron chi connectivity index (χ1n) is 12.1. The van der Waals surface area contributed by atoms with Gasteiger partial charge in [0.2, 0.25) is 5.28 Å². The van der Waals surface area contributed by atoms with Crippen molar-refractivity contribution in [3.05, 3.63) is 88.7 Å². The smallest absolute Gasteiger partial charge is 0.224 e. The Morgan fingerprint density at radius 2 is 1.53 bits per heavy atom. The first kappa shape index (κ1) is 24.8. The Morgan fingerprint density at radius 1 is 0.833 bits per heavy atom. The molecule has 186 valence electrons. The van der Waals surface area contributed by atoms with E-state index in [1.54, 1.807) is 0 Å². The maximum absolute atomic E-state index is 6.32. The minimum atomic E-state index is 0.236. The molecule has 0 saturated carbocycles. The molecule has 0 aliphatic carbocycles. The molecule has 1 aromatic heterocycles. The van der Waals surface area contributed by atoms with Crippen LogP contribution in [0.15, 0.2) is 72.8 Å². The van der Waals surface area contributed by atoms with E-state index in [4.69, 9.17) is 27.9 Å². The molecule has 0 atom stereocenters. The number of fused-ring (bicyclic) bond motifs is 1. The normalized spacial score (nSPS) is 14.8. The van der Waals surface area contributed by atoms with Gasteiger partial charge in [0.15, 0.2) is 0 Å². The fourth-order valence-electron chi connectivity index (χ4n) is 4.51. The third kappa shape index (κ3) is 5.90. The highest BCUT2D eigenvalue weighted by Gasteiger charge is 2.18. The summed E-state index contributed by atoms with van der Waals surface area (Å²) in [5, 5.41) is 2.04. The molecule has 6 nitrogen and oxygen atoms in total. The van der Waals surface area contributed by atoms with Crippen molar-refractivity contribution in [3.63, 3.8) is 0 Å². The lowest BCUT2D eigenvalue weighted by Gasteiger charge is -2.34. The number of ether oxygens (including phenoxy) is 1. The predicted molar refractivity (Wildman–Crippen MR) is 148 cm³/mol. The van der Waals surface area contributed by atoms with Gasteiger partial charge < -0.3 is 9.64 Å². The largest absolute Gasteiger partial charge is 0.492 e. The van der Waals surface area contributed by atoms with Gasteiger partial charge in [0.1, 0.15) is 18.2 Å². The molecule has 0 N–H and O–H groups in total. The molecular weight excluding hydrogens is 493 g/mol. The summed E-state index contributed by atoms with van der Waals surface area (Å²) < 4.78 is 6.04. The van der Waals surface area contributed by atoms with Gasteiger partial charge in [-0.05, 0) is 59.6 Å². The van der Waals surface area contributed by atoms with Crippen molar-refractivity contribution in [3.8, 4) is 5.75 Å². The second kappa shape index (κ2) is 11.4. The average molecular weight is 522 g/mol. The van der Waals surface area contributed by atoms with Gasteiger partial charge in [0, 0.05) is 62.4 Å². The third-order valence-corrected chi connectivity index (χ3v) is 7.13. The molecule has 2 heterocycles. The number of benzene rings is 3. The SMILES string of the molecule is CN(c1ccc(OCCN2CCN(Cc3ccccc3Cl)CC2)cc1)c1nc(Cl)nc2ccccc12. The maximum Gasteiger partial charge on any atom is 0.224 e. The molecule has 8 heteroatoms. The van der Waals surface area contributed by atoms with Gasteiger partial charge in [-0.25, -0.2) is 4.98 Å². The maximum atomic E-state index is 6.32. The Balaban J connectivity index is 1.11. The topological polar surface area (TPSA) is 44.7 Å². The summed E-state index contributed by atoms with van der Waals surface area (Å²) in [6.07, 6.45) is 0. The molecule has 0 amide bonds. The van der Waals surface area contributed by atoms with Gasteiger partial charge in [-0.3, -0.25) is 9.80 Å². The molecule has 0 radical (unpaired) electrons. The standard InChI is InChI=1S/C28H29Cl2N5O/c1-33(27-24-7-3-5-9-26(24)31-28(30)32-27)22-10-12-23(13-11-22)36-19-18-34-14-16-35(17-15-34)20-21-6-2-4-8-25(21)29/h2-13H,14-20H2,1H3. The molecule has 0 unspecified atom stereocenters. The highest BCUT2D eigenvalue weighted by Crippen LogP contribution is 2.30. The van der Waals surface area contributed by atoms with Crippen LogP contribution >= 0.6 is 23.2 Å².